The van der Waals surface area contributed by atoms with E-state index in [4.69, 9.17) is 27.9 Å². The van der Waals surface area contributed by atoms with Crippen LogP contribution >= 0.6 is 23.2 Å². The van der Waals surface area contributed by atoms with Crippen molar-refractivity contribution >= 4 is 46.0 Å². The van der Waals surface area contributed by atoms with Gasteiger partial charge in [0.2, 0.25) is 5.91 Å². The number of imidazole rings is 1. The Kier molecular flexibility index (Phi) is 6.36. The molecule has 3 aromatic rings. The van der Waals surface area contributed by atoms with Crippen LogP contribution in [0.5, 0.6) is 5.75 Å². The molecular formula is C25H25Cl2FN4O3. The fourth-order valence-corrected chi connectivity index (χ4v) is 5.52. The van der Waals surface area contributed by atoms with Crippen molar-refractivity contribution in [3.63, 3.8) is 0 Å². The fourth-order valence-electron chi connectivity index (χ4n) is 5.23. The van der Waals surface area contributed by atoms with Crippen LogP contribution in [0.4, 0.5) is 4.39 Å². The van der Waals surface area contributed by atoms with Crippen LogP contribution in [0.15, 0.2) is 36.4 Å². The molecule has 0 unspecified atom stereocenters. The van der Waals surface area contributed by atoms with E-state index in [0.29, 0.717) is 36.7 Å². The minimum atomic E-state index is -0.595. The predicted octanol–water partition coefficient (Wildman–Crippen LogP) is 4.91. The van der Waals surface area contributed by atoms with Crippen LogP contribution in [-0.2, 0) is 16.1 Å². The maximum Gasteiger partial charge on any atom is 0.258 e. The highest BCUT2D eigenvalue weighted by Gasteiger charge is 2.52. The van der Waals surface area contributed by atoms with E-state index < -0.39 is 11.2 Å². The third-order valence-electron chi connectivity index (χ3n) is 7.30. The van der Waals surface area contributed by atoms with Crippen molar-refractivity contribution in [1.29, 1.82) is 0 Å². The molecule has 0 spiro atoms. The molecule has 3 N–H and O–H groups in total. The molecule has 35 heavy (non-hydrogen) atoms. The first kappa shape index (κ1) is 23.9. The van der Waals surface area contributed by atoms with Gasteiger partial charge in [0.1, 0.15) is 17.4 Å². The van der Waals surface area contributed by atoms with E-state index >= 15 is 0 Å². The van der Waals surface area contributed by atoms with Crippen LogP contribution in [0, 0.1) is 11.2 Å². The molecule has 2 amide bonds. The summed E-state index contributed by atoms with van der Waals surface area (Å²) in [5.74, 6) is 0.103. The SMILES string of the molecule is O=C(COc1ccc(Cl)c(F)c1)NC12CCC(C(=O)NCc3nc4ccc(Cl)cc4[nH]3)(CC1)CC2. The molecule has 1 aromatic heterocycles. The molecule has 0 aliphatic heterocycles. The second-order valence-corrected chi connectivity index (χ2v) is 10.3. The third kappa shape index (κ3) is 4.95. The van der Waals surface area contributed by atoms with Gasteiger partial charge in [-0.3, -0.25) is 9.59 Å². The lowest BCUT2D eigenvalue weighted by Crippen LogP contribution is -2.60. The van der Waals surface area contributed by atoms with E-state index in [1.54, 1.807) is 6.07 Å². The monoisotopic (exact) mass is 518 g/mol. The van der Waals surface area contributed by atoms with Crippen LogP contribution in [0.25, 0.3) is 11.0 Å². The van der Waals surface area contributed by atoms with E-state index in [0.717, 1.165) is 36.4 Å². The van der Waals surface area contributed by atoms with Gasteiger partial charge in [-0.05, 0) is 68.9 Å². The third-order valence-corrected chi connectivity index (χ3v) is 7.84. The van der Waals surface area contributed by atoms with Crippen molar-refractivity contribution < 1.29 is 18.7 Å². The number of nitrogens with zero attached hydrogens (tertiary/aromatic N) is 1. The van der Waals surface area contributed by atoms with Gasteiger partial charge in [-0.15, -0.1) is 0 Å². The number of carbonyl (C=O) groups is 2. The quantitative estimate of drug-likeness (QED) is 0.413. The number of halogens is 3. The highest BCUT2D eigenvalue weighted by Crippen LogP contribution is 2.52. The summed E-state index contributed by atoms with van der Waals surface area (Å²) in [6.07, 6.45) is 4.30. The maximum absolute atomic E-state index is 13.6. The van der Waals surface area contributed by atoms with E-state index in [1.807, 2.05) is 12.1 Å². The number of rotatable bonds is 7. The molecule has 3 fully saturated rings. The van der Waals surface area contributed by atoms with Crippen LogP contribution in [-0.4, -0.2) is 33.9 Å². The topological polar surface area (TPSA) is 96.1 Å². The van der Waals surface area contributed by atoms with E-state index in [9.17, 15) is 14.0 Å². The van der Waals surface area contributed by atoms with Gasteiger partial charge in [0.15, 0.2) is 6.61 Å². The van der Waals surface area contributed by atoms with Crippen molar-refractivity contribution in [2.75, 3.05) is 6.61 Å². The van der Waals surface area contributed by atoms with Gasteiger partial charge in [-0.25, -0.2) is 9.37 Å². The molecule has 2 bridgehead atoms. The smallest absolute Gasteiger partial charge is 0.258 e. The molecule has 0 saturated heterocycles. The Bertz CT molecular complexity index is 1270. The summed E-state index contributed by atoms with van der Waals surface area (Å²) in [6, 6.07) is 9.49. The van der Waals surface area contributed by atoms with E-state index in [1.165, 1.54) is 12.1 Å². The molecule has 3 saturated carbocycles. The summed E-state index contributed by atoms with van der Waals surface area (Å²) in [6.45, 7) is 0.106. The van der Waals surface area contributed by atoms with Gasteiger partial charge in [0.05, 0.1) is 22.6 Å². The van der Waals surface area contributed by atoms with Gasteiger partial charge >= 0.3 is 0 Å². The zero-order valence-corrected chi connectivity index (χ0v) is 20.4. The summed E-state index contributed by atoms with van der Waals surface area (Å²) in [5, 5.41) is 6.78. The highest BCUT2D eigenvalue weighted by molar-refractivity contribution is 6.31. The first-order valence-corrected chi connectivity index (χ1v) is 12.3. The summed E-state index contributed by atoms with van der Waals surface area (Å²) >= 11 is 11.7. The Morgan fingerprint density at radius 1 is 1.06 bits per heavy atom. The molecule has 3 aliphatic carbocycles. The summed E-state index contributed by atoms with van der Waals surface area (Å²) in [4.78, 5) is 33.4. The second-order valence-electron chi connectivity index (χ2n) is 9.50. The number of ether oxygens (including phenoxy) is 1. The average molecular weight is 519 g/mol. The molecule has 7 nitrogen and oxygen atoms in total. The second kappa shape index (κ2) is 9.32. The molecule has 0 atom stereocenters. The van der Waals surface area contributed by atoms with E-state index in [2.05, 4.69) is 20.6 Å². The number of carbonyl (C=O) groups excluding carboxylic acids is 2. The number of amides is 2. The normalized spacial score (nSPS) is 23.3. The minimum absolute atomic E-state index is 0.000114. The zero-order valence-electron chi connectivity index (χ0n) is 18.9. The predicted molar refractivity (Wildman–Crippen MR) is 131 cm³/mol. The Morgan fingerprint density at radius 2 is 1.80 bits per heavy atom. The van der Waals surface area contributed by atoms with Gasteiger partial charge in [0.25, 0.3) is 5.91 Å². The Balaban J connectivity index is 1.13. The van der Waals surface area contributed by atoms with Crippen molar-refractivity contribution in [3.05, 3.63) is 58.1 Å². The number of nitrogens with one attached hydrogen (secondary N) is 3. The van der Waals surface area contributed by atoms with Gasteiger partial charge in [0, 0.05) is 22.0 Å². The van der Waals surface area contributed by atoms with Crippen molar-refractivity contribution in [2.24, 2.45) is 5.41 Å². The van der Waals surface area contributed by atoms with Crippen molar-refractivity contribution in [2.45, 2.75) is 50.6 Å². The Labute approximate surface area is 211 Å². The summed E-state index contributed by atoms with van der Waals surface area (Å²) < 4.78 is 19.0. The van der Waals surface area contributed by atoms with Crippen molar-refractivity contribution in [3.8, 4) is 5.75 Å². The number of benzene rings is 2. The first-order valence-electron chi connectivity index (χ1n) is 11.6. The van der Waals surface area contributed by atoms with Gasteiger partial charge in [-0.2, -0.15) is 0 Å². The molecule has 1 heterocycles. The minimum Gasteiger partial charge on any atom is -0.484 e. The van der Waals surface area contributed by atoms with Crippen LogP contribution in [0.1, 0.15) is 44.3 Å². The standard InChI is InChI=1S/C25H25Cl2FN4O3/c26-15-1-4-19-20(11-15)31-21(30-19)13-29-23(34)24-5-8-25(9-6-24,10-7-24)32-22(33)14-35-16-2-3-17(27)18(28)12-16/h1-4,11-12H,5-10,13-14H2,(H,29,34)(H,30,31)(H,32,33). The van der Waals surface area contributed by atoms with E-state index in [-0.39, 0.29) is 34.7 Å². The number of fused-ring (bicyclic) bond motifs is 4. The lowest BCUT2D eigenvalue weighted by molar-refractivity contribution is -0.140. The maximum atomic E-state index is 13.6. The van der Waals surface area contributed by atoms with Crippen LogP contribution < -0.4 is 15.4 Å². The molecule has 0 radical (unpaired) electrons. The van der Waals surface area contributed by atoms with Gasteiger partial charge in [-0.1, -0.05) is 23.2 Å². The van der Waals surface area contributed by atoms with Crippen molar-refractivity contribution in [1.82, 2.24) is 20.6 Å². The average Bonchev–Trinajstić information content (AvgIpc) is 3.26. The summed E-state index contributed by atoms with van der Waals surface area (Å²) in [7, 11) is 0. The largest absolute Gasteiger partial charge is 0.484 e. The number of aromatic amines is 1. The molecule has 2 aromatic carbocycles. The number of hydrogen-bond donors (Lipinski definition) is 3. The Morgan fingerprint density at radius 3 is 2.51 bits per heavy atom. The molecular weight excluding hydrogens is 494 g/mol. The number of aromatic nitrogens is 2. The number of H-pyrrole nitrogens is 1. The zero-order chi connectivity index (χ0) is 24.6. The number of hydrogen-bond acceptors (Lipinski definition) is 4. The lowest BCUT2D eigenvalue weighted by atomic mass is 9.57. The van der Waals surface area contributed by atoms with Gasteiger partial charge < -0.3 is 20.4 Å². The van der Waals surface area contributed by atoms with Crippen LogP contribution in [0.3, 0.4) is 0 Å². The molecule has 3 aliphatic rings. The molecule has 10 heteroatoms. The highest BCUT2D eigenvalue weighted by atomic mass is 35.5. The molecule has 184 valence electrons. The first-order chi connectivity index (χ1) is 16.8. The molecule has 6 rings (SSSR count). The Hall–Kier alpha value is -2.84. The lowest BCUT2D eigenvalue weighted by Gasteiger charge is -2.52. The van der Waals surface area contributed by atoms with Crippen LogP contribution in [0.2, 0.25) is 10.0 Å². The summed E-state index contributed by atoms with van der Waals surface area (Å²) in [5.41, 5.74) is 0.893. The fraction of sp³-hybridized carbons (Fsp3) is 0.400.